The first-order chi connectivity index (χ1) is 9.17. The van der Waals surface area contributed by atoms with E-state index in [0.29, 0.717) is 0 Å². The van der Waals surface area contributed by atoms with Crippen LogP contribution in [0.5, 0.6) is 0 Å². The van der Waals surface area contributed by atoms with E-state index in [1.165, 1.54) is 22.3 Å². The quantitative estimate of drug-likeness (QED) is 0.862. The molecule has 0 saturated heterocycles. The molecule has 0 aliphatic carbocycles. The molecule has 2 amide bonds. The Morgan fingerprint density at radius 3 is 2.60 bits per heavy atom. The number of hydrogen-bond donors (Lipinski definition) is 1. The largest absolute Gasteiger partial charge is 0.350 e. The lowest BCUT2D eigenvalue weighted by Crippen LogP contribution is -2.46. The van der Waals surface area contributed by atoms with Crippen LogP contribution >= 0.6 is 11.3 Å². The molecule has 1 aromatic rings. The SMILES string of the molecule is Cc1nc(/C=C/C(=O)N(C)CC(=O)NC(C)(C)C)cs1. The third kappa shape index (κ3) is 5.97. The van der Waals surface area contributed by atoms with Crippen LogP contribution < -0.4 is 5.32 Å². The molecule has 0 aliphatic rings. The molecule has 0 atom stereocenters. The third-order valence-corrected chi connectivity index (χ3v) is 3.10. The Balaban J connectivity index is 2.51. The van der Waals surface area contributed by atoms with Gasteiger partial charge >= 0.3 is 0 Å². The van der Waals surface area contributed by atoms with Crippen molar-refractivity contribution >= 4 is 29.2 Å². The van der Waals surface area contributed by atoms with Crippen molar-refractivity contribution in [2.75, 3.05) is 13.6 Å². The van der Waals surface area contributed by atoms with Crippen molar-refractivity contribution < 1.29 is 9.59 Å². The second kappa shape index (κ2) is 6.65. The van der Waals surface area contributed by atoms with E-state index in [0.717, 1.165) is 10.7 Å². The van der Waals surface area contributed by atoms with Crippen LogP contribution in [0.15, 0.2) is 11.5 Å². The van der Waals surface area contributed by atoms with E-state index in [2.05, 4.69) is 10.3 Å². The van der Waals surface area contributed by atoms with Gasteiger partial charge in [0.15, 0.2) is 0 Å². The summed E-state index contributed by atoms with van der Waals surface area (Å²) in [5.41, 5.74) is 0.461. The van der Waals surface area contributed by atoms with Crippen LogP contribution in [0.3, 0.4) is 0 Å². The molecular weight excluding hydrogens is 274 g/mol. The molecule has 110 valence electrons. The van der Waals surface area contributed by atoms with Crippen LogP contribution in [-0.4, -0.2) is 40.8 Å². The average Bonchev–Trinajstić information content (AvgIpc) is 2.69. The normalized spacial score (nSPS) is 11.7. The first-order valence-electron chi connectivity index (χ1n) is 6.34. The molecule has 0 bridgehead atoms. The summed E-state index contributed by atoms with van der Waals surface area (Å²) < 4.78 is 0. The molecule has 1 rings (SSSR count). The van der Waals surface area contributed by atoms with Crippen molar-refractivity contribution in [1.29, 1.82) is 0 Å². The topological polar surface area (TPSA) is 62.3 Å². The zero-order valence-electron chi connectivity index (χ0n) is 12.6. The Morgan fingerprint density at radius 1 is 1.45 bits per heavy atom. The van der Waals surface area contributed by atoms with Crippen molar-refractivity contribution in [2.24, 2.45) is 0 Å². The summed E-state index contributed by atoms with van der Waals surface area (Å²) in [4.78, 5) is 29.2. The number of thiazole rings is 1. The number of nitrogens with zero attached hydrogens (tertiary/aromatic N) is 2. The maximum atomic E-state index is 11.9. The van der Waals surface area contributed by atoms with E-state index >= 15 is 0 Å². The van der Waals surface area contributed by atoms with E-state index in [1.807, 2.05) is 33.1 Å². The molecule has 1 heterocycles. The van der Waals surface area contributed by atoms with Gasteiger partial charge in [-0.1, -0.05) is 0 Å². The minimum absolute atomic E-state index is 0.0382. The van der Waals surface area contributed by atoms with Crippen LogP contribution in [0.4, 0.5) is 0 Å². The summed E-state index contributed by atoms with van der Waals surface area (Å²) in [6.45, 7) is 7.65. The second-order valence-corrected chi connectivity index (χ2v) is 6.68. The summed E-state index contributed by atoms with van der Waals surface area (Å²) in [6, 6.07) is 0. The first-order valence-corrected chi connectivity index (χ1v) is 7.21. The summed E-state index contributed by atoms with van der Waals surface area (Å²) in [5, 5.41) is 5.65. The predicted octanol–water partition coefficient (Wildman–Crippen LogP) is 1.84. The molecule has 6 heteroatoms. The number of nitrogens with one attached hydrogen (secondary N) is 1. The van der Waals surface area contributed by atoms with Crippen molar-refractivity contribution in [1.82, 2.24) is 15.2 Å². The lowest BCUT2D eigenvalue weighted by atomic mass is 10.1. The van der Waals surface area contributed by atoms with Crippen molar-refractivity contribution in [3.63, 3.8) is 0 Å². The summed E-state index contributed by atoms with van der Waals surface area (Å²) in [5.74, 6) is -0.397. The van der Waals surface area contributed by atoms with Gasteiger partial charge < -0.3 is 10.2 Å². The van der Waals surface area contributed by atoms with Crippen LogP contribution in [0.25, 0.3) is 6.08 Å². The van der Waals surface area contributed by atoms with Crippen molar-refractivity contribution in [3.8, 4) is 0 Å². The van der Waals surface area contributed by atoms with Crippen molar-refractivity contribution in [2.45, 2.75) is 33.2 Å². The highest BCUT2D eigenvalue weighted by Crippen LogP contribution is 2.09. The van der Waals surface area contributed by atoms with Gasteiger partial charge in [-0.25, -0.2) is 4.98 Å². The molecule has 0 aromatic carbocycles. The smallest absolute Gasteiger partial charge is 0.246 e. The number of rotatable bonds is 4. The average molecular weight is 295 g/mol. The molecular formula is C14H21N3O2S. The molecule has 5 nitrogen and oxygen atoms in total. The van der Waals surface area contributed by atoms with Crippen LogP contribution in [0, 0.1) is 6.92 Å². The Labute approximate surface area is 123 Å². The van der Waals surface area contributed by atoms with Crippen LogP contribution in [0.1, 0.15) is 31.5 Å². The molecule has 1 N–H and O–H groups in total. The van der Waals surface area contributed by atoms with Gasteiger partial charge in [-0.3, -0.25) is 9.59 Å². The maximum absolute atomic E-state index is 11.9. The number of carbonyl (C=O) groups is 2. The minimum atomic E-state index is -0.297. The third-order valence-electron chi connectivity index (χ3n) is 2.30. The van der Waals surface area contributed by atoms with Gasteiger partial charge in [0.05, 0.1) is 17.2 Å². The Bertz CT molecular complexity index is 515. The Hall–Kier alpha value is -1.69. The molecule has 0 fully saturated rings. The molecule has 0 spiro atoms. The molecule has 1 aromatic heterocycles. The summed E-state index contributed by atoms with van der Waals surface area (Å²) >= 11 is 1.53. The number of aromatic nitrogens is 1. The highest BCUT2D eigenvalue weighted by molar-refractivity contribution is 7.09. The summed E-state index contributed by atoms with van der Waals surface area (Å²) in [6.07, 6.45) is 3.09. The molecule has 0 aliphatic heterocycles. The monoisotopic (exact) mass is 295 g/mol. The predicted molar refractivity (Wildman–Crippen MR) is 81.4 cm³/mol. The minimum Gasteiger partial charge on any atom is -0.350 e. The van der Waals surface area contributed by atoms with Crippen LogP contribution in [-0.2, 0) is 9.59 Å². The van der Waals surface area contributed by atoms with Gasteiger partial charge in [-0.05, 0) is 33.8 Å². The first kappa shape index (κ1) is 16.4. The highest BCUT2D eigenvalue weighted by atomic mass is 32.1. The standard InChI is InChI=1S/C14H21N3O2S/c1-10-15-11(9-20-10)6-7-13(19)17(5)8-12(18)16-14(2,3)4/h6-7,9H,8H2,1-5H3,(H,16,18)/b7-6+. The van der Waals surface area contributed by atoms with Gasteiger partial charge in [0.25, 0.3) is 0 Å². The zero-order chi connectivity index (χ0) is 15.3. The van der Waals surface area contributed by atoms with E-state index in [-0.39, 0.29) is 23.9 Å². The van der Waals surface area contributed by atoms with Gasteiger partial charge in [0.2, 0.25) is 11.8 Å². The van der Waals surface area contributed by atoms with Gasteiger partial charge in [0.1, 0.15) is 0 Å². The maximum Gasteiger partial charge on any atom is 0.246 e. The molecule has 20 heavy (non-hydrogen) atoms. The van der Waals surface area contributed by atoms with E-state index in [9.17, 15) is 9.59 Å². The lowest BCUT2D eigenvalue weighted by molar-refractivity contribution is -0.131. The fraction of sp³-hybridized carbons (Fsp3) is 0.500. The number of amides is 2. The number of aryl methyl sites for hydroxylation is 1. The second-order valence-electron chi connectivity index (χ2n) is 5.62. The van der Waals surface area contributed by atoms with Gasteiger partial charge in [-0.15, -0.1) is 11.3 Å². The highest BCUT2D eigenvalue weighted by Gasteiger charge is 2.16. The van der Waals surface area contributed by atoms with E-state index in [4.69, 9.17) is 0 Å². The van der Waals surface area contributed by atoms with Gasteiger partial charge in [0, 0.05) is 24.0 Å². The fourth-order valence-corrected chi connectivity index (χ4v) is 2.07. The fourth-order valence-electron chi connectivity index (χ4n) is 1.49. The Morgan fingerprint density at radius 2 is 2.10 bits per heavy atom. The number of hydrogen-bond acceptors (Lipinski definition) is 4. The number of carbonyl (C=O) groups excluding carboxylic acids is 2. The lowest BCUT2D eigenvalue weighted by Gasteiger charge is -2.22. The van der Waals surface area contributed by atoms with Crippen molar-refractivity contribution in [3.05, 3.63) is 22.2 Å². The zero-order valence-corrected chi connectivity index (χ0v) is 13.4. The summed E-state index contributed by atoms with van der Waals surface area (Å²) in [7, 11) is 1.60. The molecule has 0 radical (unpaired) electrons. The number of likely N-dealkylation sites (N-methyl/N-ethyl adjacent to an activating group) is 1. The van der Waals surface area contributed by atoms with Crippen LogP contribution in [0.2, 0.25) is 0 Å². The van der Waals surface area contributed by atoms with Gasteiger partial charge in [-0.2, -0.15) is 0 Å². The van der Waals surface area contributed by atoms with E-state index < -0.39 is 0 Å². The molecule has 0 saturated carbocycles. The molecule has 0 unspecified atom stereocenters. The Kier molecular flexibility index (Phi) is 5.44. The van der Waals surface area contributed by atoms with E-state index in [1.54, 1.807) is 13.1 Å².